The lowest BCUT2D eigenvalue weighted by molar-refractivity contribution is -0.146. The van der Waals surface area contributed by atoms with Crippen molar-refractivity contribution in [2.75, 3.05) is 37.6 Å². The Kier molecular flexibility index (Phi) is 5.11. The first kappa shape index (κ1) is 16.5. The number of hydrogen-bond donors (Lipinski definition) is 1. The molecule has 2 N–H and O–H groups in total. The van der Waals surface area contributed by atoms with Crippen molar-refractivity contribution >= 4 is 38.8 Å². The molecule has 0 amide bonds. The van der Waals surface area contributed by atoms with E-state index in [-0.39, 0.29) is 4.99 Å². The summed E-state index contributed by atoms with van der Waals surface area (Å²) in [6.45, 7) is 0.919. The summed E-state index contributed by atoms with van der Waals surface area (Å²) in [6, 6.07) is 5.59. The third kappa shape index (κ3) is 4.55. The van der Waals surface area contributed by atoms with E-state index in [2.05, 4.69) is 15.9 Å². The highest BCUT2D eigenvalue weighted by Gasteiger charge is 2.32. The second-order valence-electron chi connectivity index (χ2n) is 4.90. The van der Waals surface area contributed by atoms with E-state index >= 15 is 0 Å². The standard InChI is InChI=1S/C13H15BrF3N3S/c14-9-1-2-11(10(7-9)12(18)21)20-5-3-19(4-6-20)8-13(15,16)17/h1-2,7H,3-6,8H2,(H2,18,21). The molecule has 0 bridgehead atoms. The molecule has 0 spiro atoms. The molecule has 2 rings (SSSR count). The average Bonchev–Trinajstić information content (AvgIpc) is 2.38. The lowest BCUT2D eigenvalue weighted by Gasteiger charge is -2.37. The highest BCUT2D eigenvalue weighted by atomic mass is 79.9. The molecule has 3 nitrogen and oxygen atoms in total. The molecule has 1 aromatic rings. The van der Waals surface area contributed by atoms with E-state index in [0.717, 1.165) is 15.7 Å². The summed E-state index contributed by atoms with van der Waals surface area (Å²) < 4.78 is 38.0. The minimum Gasteiger partial charge on any atom is -0.389 e. The van der Waals surface area contributed by atoms with E-state index in [1.165, 1.54) is 4.90 Å². The van der Waals surface area contributed by atoms with E-state index in [1.807, 2.05) is 23.1 Å². The number of rotatable bonds is 3. The number of alkyl halides is 3. The van der Waals surface area contributed by atoms with E-state index in [9.17, 15) is 13.2 Å². The SMILES string of the molecule is NC(=S)c1cc(Br)ccc1N1CCN(CC(F)(F)F)CC1. The number of benzene rings is 1. The topological polar surface area (TPSA) is 32.5 Å². The maximum atomic E-state index is 12.4. The number of nitrogens with zero attached hydrogens (tertiary/aromatic N) is 2. The van der Waals surface area contributed by atoms with Gasteiger partial charge in [-0.1, -0.05) is 28.1 Å². The van der Waals surface area contributed by atoms with Crippen molar-refractivity contribution in [3.8, 4) is 0 Å². The average molecular weight is 382 g/mol. The molecule has 21 heavy (non-hydrogen) atoms. The summed E-state index contributed by atoms with van der Waals surface area (Å²) in [4.78, 5) is 3.72. The minimum atomic E-state index is -4.15. The van der Waals surface area contributed by atoms with Gasteiger partial charge in [-0.2, -0.15) is 13.2 Å². The van der Waals surface area contributed by atoms with Gasteiger partial charge in [0.1, 0.15) is 4.99 Å². The molecular weight excluding hydrogens is 367 g/mol. The van der Waals surface area contributed by atoms with E-state index < -0.39 is 12.7 Å². The van der Waals surface area contributed by atoms with Crippen LogP contribution < -0.4 is 10.6 Å². The molecule has 1 fully saturated rings. The molecule has 0 aliphatic carbocycles. The molecule has 0 aromatic heterocycles. The summed E-state index contributed by atoms with van der Waals surface area (Å²) in [5, 5.41) is 0. The van der Waals surface area contributed by atoms with Crippen molar-refractivity contribution in [1.82, 2.24) is 4.90 Å². The number of hydrogen-bond acceptors (Lipinski definition) is 3. The van der Waals surface area contributed by atoms with Gasteiger partial charge in [-0.05, 0) is 18.2 Å². The van der Waals surface area contributed by atoms with Gasteiger partial charge < -0.3 is 10.6 Å². The molecule has 0 saturated carbocycles. The first-order valence-electron chi connectivity index (χ1n) is 6.40. The van der Waals surface area contributed by atoms with Gasteiger partial charge >= 0.3 is 6.18 Å². The van der Waals surface area contributed by atoms with E-state index in [0.29, 0.717) is 26.2 Å². The number of anilines is 1. The Balaban J connectivity index is 2.07. The van der Waals surface area contributed by atoms with Gasteiger partial charge in [0.15, 0.2) is 0 Å². The van der Waals surface area contributed by atoms with E-state index in [4.69, 9.17) is 18.0 Å². The molecule has 1 heterocycles. The summed E-state index contributed by atoms with van der Waals surface area (Å²) in [5.74, 6) is 0. The van der Waals surface area contributed by atoms with Gasteiger partial charge in [0, 0.05) is 41.9 Å². The minimum absolute atomic E-state index is 0.282. The first-order valence-corrected chi connectivity index (χ1v) is 7.60. The van der Waals surface area contributed by atoms with Gasteiger partial charge in [0.2, 0.25) is 0 Å². The maximum absolute atomic E-state index is 12.4. The van der Waals surface area contributed by atoms with Crippen LogP contribution in [0.1, 0.15) is 5.56 Å². The maximum Gasteiger partial charge on any atom is 0.401 e. The normalized spacial score (nSPS) is 17.0. The monoisotopic (exact) mass is 381 g/mol. The Labute approximate surface area is 135 Å². The van der Waals surface area contributed by atoms with Crippen LogP contribution in [0.5, 0.6) is 0 Å². The summed E-state index contributed by atoms with van der Waals surface area (Å²) >= 11 is 8.41. The fourth-order valence-electron chi connectivity index (χ4n) is 2.38. The first-order chi connectivity index (χ1) is 9.76. The van der Waals surface area contributed by atoms with E-state index in [1.54, 1.807) is 0 Å². The Morgan fingerprint density at radius 1 is 1.24 bits per heavy atom. The van der Waals surface area contributed by atoms with Crippen LogP contribution in [0.15, 0.2) is 22.7 Å². The molecule has 8 heteroatoms. The van der Waals surface area contributed by atoms with Crippen molar-refractivity contribution in [2.45, 2.75) is 6.18 Å². The van der Waals surface area contributed by atoms with Gasteiger partial charge in [-0.25, -0.2) is 0 Å². The number of halogens is 4. The van der Waals surface area contributed by atoms with Crippen molar-refractivity contribution in [2.24, 2.45) is 5.73 Å². The van der Waals surface area contributed by atoms with Crippen LogP contribution in [-0.2, 0) is 0 Å². The molecule has 116 valence electrons. The molecule has 1 aromatic carbocycles. The molecule has 1 aliphatic heterocycles. The van der Waals surface area contributed by atoms with Crippen LogP contribution >= 0.6 is 28.1 Å². The fraction of sp³-hybridized carbons (Fsp3) is 0.462. The Morgan fingerprint density at radius 2 is 1.86 bits per heavy atom. The summed E-state index contributed by atoms with van der Waals surface area (Å²) in [6.07, 6.45) is -4.15. The number of piperazine rings is 1. The lowest BCUT2D eigenvalue weighted by Crippen LogP contribution is -2.49. The Hall–Kier alpha value is -0.860. The largest absolute Gasteiger partial charge is 0.401 e. The van der Waals surface area contributed by atoms with Crippen molar-refractivity contribution < 1.29 is 13.2 Å². The predicted molar refractivity (Wildman–Crippen MR) is 84.7 cm³/mol. The Morgan fingerprint density at radius 3 is 2.38 bits per heavy atom. The number of nitrogens with two attached hydrogens (primary N) is 1. The highest BCUT2D eigenvalue weighted by molar-refractivity contribution is 9.10. The van der Waals surface area contributed by atoms with Gasteiger partial charge in [0.05, 0.1) is 6.54 Å². The highest BCUT2D eigenvalue weighted by Crippen LogP contribution is 2.26. The summed E-state index contributed by atoms with van der Waals surface area (Å²) in [5.41, 5.74) is 7.34. The van der Waals surface area contributed by atoms with Gasteiger partial charge in [-0.3, -0.25) is 4.90 Å². The van der Waals surface area contributed by atoms with Crippen LogP contribution in [0.25, 0.3) is 0 Å². The zero-order valence-electron chi connectivity index (χ0n) is 11.2. The lowest BCUT2D eigenvalue weighted by atomic mass is 10.1. The van der Waals surface area contributed by atoms with Gasteiger partial charge in [-0.15, -0.1) is 0 Å². The smallest absolute Gasteiger partial charge is 0.389 e. The van der Waals surface area contributed by atoms with Crippen LogP contribution in [0.3, 0.4) is 0 Å². The van der Waals surface area contributed by atoms with Crippen LogP contribution in [0, 0.1) is 0 Å². The van der Waals surface area contributed by atoms with Crippen molar-refractivity contribution in [3.63, 3.8) is 0 Å². The predicted octanol–water partition coefficient (Wildman–Crippen LogP) is 2.77. The third-order valence-corrected chi connectivity index (χ3v) is 4.05. The second-order valence-corrected chi connectivity index (χ2v) is 6.26. The fourth-order valence-corrected chi connectivity index (χ4v) is 2.91. The van der Waals surface area contributed by atoms with Crippen LogP contribution in [0.4, 0.5) is 18.9 Å². The second kappa shape index (κ2) is 6.50. The Bertz CT molecular complexity index is 528. The zero-order chi connectivity index (χ0) is 15.6. The van der Waals surface area contributed by atoms with Crippen LogP contribution in [-0.4, -0.2) is 48.8 Å². The molecule has 1 saturated heterocycles. The van der Waals surface area contributed by atoms with Crippen molar-refractivity contribution in [1.29, 1.82) is 0 Å². The third-order valence-electron chi connectivity index (χ3n) is 3.34. The van der Waals surface area contributed by atoms with Gasteiger partial charge in [0.25, 0.3) is 0 Å². The van der Waals surface area contributed by atoms with Crippen molar-refractivity contribution in [3.05, 3.63) is 28.2 Å². The molecular formula is C13H15BrF3N3S. The van der Waals surface area contributed by atoms with Crippen LogP contribution in [0.2, 0.25) is 0 Å². The summed E-state index contributed by atoms with van der Waals surface area (Å²) in [7, 11) is 0. The molecule has 0 atom stereocenters. The number of thiocarbonyl (C=S) groups is 1. The molecule has 0 radical (unpaired) electrons. The quantitative estimate of drug-likeness (QED) is 0.816. The zero-order valence-corrected chi connectivity index (χ0v) is 13.6. The molecule has 1 aliphatic rings. The molecule has 0 unspecified atom stereocenters.